The molecule has 17 heavy (non-hydrogen) atoms. The Kier molecular flexibility index (Phi) is 25.6. The minimum atomic E-state index is 0. The molecule has 0 aromatic heterocycles. The van der Waals surface area contributed by atoms with E-state index in [1.54, 1.807) is 0 Å². The van der Waals surface area contributed by atoms with Crippen LogP contribution in [0.15, 0.2) is 0 Å². The van der Waals surface area contributed by atoms with Gasteiger partial charge in [0.15, 0.2) is 0 Å². The van der Waals surface area contributed by atoms with E-state index in [0.717, 1.165) is 12.8 Å². The average Bonchev–Trinajstić information content (AvgIpc) is 2.33. The Morgan fingerprint density at radius 1 is 0.765 bits per heavy atom. The zero-order valence-corrected chi connectivity index (χ0v) is 13.7. The van der Waals surface area contributed by atoms with E-state index >= 15 is 0 Å². The van der Waals surface area contributed by atoms with Crippen molar-refractivity contribution in [2.45, 2.75) is 66.2 Å². The predicted molar refractivity (Wildman–Crippen MR) is 72.9 cm³/mol. The Bertz CT molecular complexity index is 107. The van der Waals surface area contributed by atoms with Crippen LogP contribution < -0.4 is 10.2 Å². The van der Waals surface area contributed by atoms with Gasteiger partial charge in [-0.15, -0.1) is 13.2 Å². The van der Waals surface area contributed by atoms with Gasteiger partial charge in [0.05, 0.1) is 0 Å². The zero-order chi connectivity index (χ0) is 12.8. The molecule has 0 N–H and O–H groups in total. The third kappa shape index (κ3) is 22.4. The maximum Gasteiger partial charge on any atom is 2.00 e. The van der Waals surface area contributed by atoms with Gasteiger partial charge in [-0.25, -0.2) is 0 Å². The molecule has 0 aromatic rings. The Labute approximate surface area is 124 Å². The Balaban J connectivity index is -0.000000218. The quantitative estimate of drug-likeness (QED) is 0.622. The summed E-state index contributed by atoms with van der Waals surface area (Å²) < 4.78 is 0. The molecule has 100 valence electrons. The summed E-state index contributed by atoms with van der Waals surface area (Å²) >= 11 is 0. The molecule has 0 radical (unpaired) electrons. The summed E-state index contributed by atoms with van der Waals surface area (Å²) in [5.74, 6) is 0.796. The maximum absolute atomic E-state index is 10.1. The van der Waals surface area contributed by atoms with Crippen molar-refractivity contribution in [2.24, 2.45) is 11.8 Å². The summed E-state index contributed by atoms with van der Waals surface area (Å²) in [5, 5.41) is 20.3. The van der Waals surface area contributed by atoms with Crippen molar-refractivity contribution >= 4 is 23.1 Å². The SMILES string of the molecule is CCCCC(C)C[O-].CCCCC(C)C[O-].[Mg+2]. The molecule has 0 spiro atoms. The van der Waals surface area contributed by atoms with E-state index in [4.69, 9.17) is 0 Å². The molecule has 0 amide bonds. The first-order valence-electron chi connectivity index (χ1n) is 6.78. The van der Waals surface area contributed by atoms with Gasteiger partial charge in [0.2, 0.25) is 0 Å². The zero-order valence-electron chi connectivity index (χ0n) is 12.3. The van der Waals surface area contributed by atoms with Crippen LogP contribution in [0.3, 0.4) is 0 Å². The summed E-state index contributed by atoms with van der Waals surface area (Å²) in [4.78, 5) is 0. The van der Waals surface area contributed by atoms with Crippen molar-refractivity contribution in [1.29, 1.82) is 0 Å². The molecule has 0 aliphatic heterocycles. The molecule has 0 heterocycles. The van der Waals surface area contributed by atoms with Crippen molar-refractivity contribution in [1.82, 2.24) is 0 Å². The van der Waals surface area contributed by atoms with Crippen LogP contribution in [-0.2, 0) is 0 Å². The van der Waals surface area contributed by atoms with E-state index in [1.165, 1.54) is 25.7 Å². The topological polar surface area (TPSA) is 46.1 Å². The van der Waals surface area contributed by atoms with Crippen LogP contribution in [0.5, 0.6) is 0 Å². The first-order chi connectivity index (χ1) is 7.62. The normalized spacial score (nSPS) is 13.1. The van der Waals surface area contributed by atoms with Gasteiger partial charge in [-0.3, -0.25) is 0 Å². The molecule has 2 nitrogen and oxygen atoms in total. The van der Waals surface area contributed by atoms with Gasteiger partial charge in [-0.2, -0.15) is 0 Å². The van der Waals surface area contributed by atoms with E-state index < -0.39 is 0 Å². The van der Waals surface area contributed by atoms with Crippen LogP contribution in [0.2, 0.25) is 0 Å². The fraction of sp³-hybridized carbons (Fsp3) is 1.00. The molecule has 2 atom stereocenters. The Morgan fingerprint density at radius 2 is 1.06 bits per heavy atom. The molecule has 2 unspecified atom stereocenters. The van der Waals surface area contributed by atoms with Crippen molar-refractivity contribution in [3.8, 4) is 0 Å². The van der Waals surface area contributed by atoms with Crippen LogP contribution >= 0.6 is 0 Å². The van der Waals surface area contributed by atoms with Gasteiger partial charge >= 0.3 is 23.1 Å². The van der Waals surface area contributed by atoms with Gasteiger partial charge in [0.1, 0.15) is 0 Å². The summed E-state index contributed by atoms with van der Waals surface area (Å²) in [6.45, 7) is 8.53. The molecule has 0 fully saturated rings. The first kappa shape index (κ1) is 22.8. The number of rotatable bonds is 8. The fourth-order valence-electron chi connectivity index (χ4n) is 1.27. The molecule has 0 aromatic carbocycles. The minimum Gasteiger partial charge on any atom is -0.854 e. The third-order valence-electron chi connectivity index (χ3n) is 2.67. The molecule has 0 saturated carbocycles. The smallest absolute Gasteiger partial charge is 0.854 e. The van der Waals surface area contributed by atoms with E-state index in [9.17, 15) is 10.2 Å². The summed E-state index contributed by atoms with van der Waals surface area (Å²) in [6, 6.07) is 0. The number of unbranched alkanes of at least 4 members (excludes halogenated alkanes) is 2. The average molecular weight is 255 g/mol. The summed E-state index contributed by atoms with van der Waals surface area (Å²) in [7, 11) is 0. The molecule has 0 rings (SSSR count). The molecule has 3 heteroatoms. The minimum absolute atomic E-state index is 0. The molecular weight excluding hydrogens is 224 g/mol. The van der Waals surface area contributed by atoms with E-state index in [-0.39, 0.29) is 36.3 Å². The van der Waals surface area contributed by atoms with Crippen LogP contribution in [0.25, 0.3) is 0 Å². The Hall–Kier alpha value is 0.686. The largest absolute Gasteiger partial charge is 2.00 e. The third-order valence-corrected chi connectivity index (χ3v) is 2.67. The summed E-state index contributed by atoms with van der Waals surface area (Å²) in [6.07, 6.45) is 7.07. The van der Waals surface area contributed by atoms with Crippen molar-refractivity contribution in [3.63, 3.8) is 0 Å². The number of hydrogen-bond acceptors (Lipinski definition) is 2. The summed E-state index contributed by atoms with van der Waals surface area (Å²) in [5.41, 5.74) is 0. The molecular formula is C14H30MgO2. The van der Waals surface area contributed by atoms with Gasteiger partial charge in [0, 0.05) is 0 Å². The van der Waals surface area contributed by atoms with Gasteiger partial charge in [-0.1, -0.05) is 78.1 Å². The second kappa shape index (κ2) is 19.0. The molecule has 0 saturated heterocycles. The molecule has 0 bridgehead atoms. The predicted octanol–water partition coefficient (Wildman–Crippen LogP) is 1.97. The van der Waals surface area contributed by atoms with Gasteiger partial charge < -0.3 is 10.2 Å². The van der Waals surface area contributed by atoms with Gasteiger partial charge in [-0.05, 0) is 0 Å². The van der Waals surface area contributed by atoms with Crippen LogP contribution in [0, 0.1) is 11.8 Å². The van der Waals surface area contributed by atoms with Crippen molar-refractivity contribution < 1.29 is 10.2 Å². The monoisotopic (exact) mass is 254 g/mol. The number of hydrogen-bond donors (Lipinski definition) is 0. The Morgan fingerprint density at radius 3 is 1.24 bits per heavy atom. The van der Waals surface area contributed by atoms with Crippen LogP contribution in [0.1, 0.15) is 66.2 Å². The van der Waals surface area contributed by atoms with Crippen molar-refractivity contribution in [3.05, 3.63) is 0 Å². The maximum atomic E-state index is 10.1. The van der Waals surface area contributed by atoms with E-state index in [0.29, 0.717) is 11.8 Å². The molecule has 0 aliphatic carbocycles. The molecule has 0 aliphatic rings. The van der Waals surface area contributed by atoms with E-state index in [1.807, 2.05) is 13.8 Å². The van der Waals surface area contributed by atoms with E-state index in [2.05, 4.69) is 13.8 Å². The van der Waals surface area contributed by atoms with Crippen LogP contribution in [-0.4, -0.2) is 36.3 Å². The second-order valence-corrected chi connectivity index (χ2v) is 4.83. The van der Waals surface area contributed by atoms with Crippen molar-refractivity contribution in [2.75, 3.05) is 13.2 Å². The standard InChI is InChI=1S/2C7H15O.Mg/c2*1-3-4-5-7(2)6-8;/h2*7H,3-6H2,1-2H3;/q2*-1;+2. The van der Waals surface area contributed by atoms with Crippen LogP contribution in [0.4, 0.5) is 0 Å². The van der Waals surface area contributed by atoms with Gasteiger partial charge in [0.25, 0.3) is 0 Å². The fourth-order valence-corrected chi connectivity index (χ4v) is 1.27. The first-order valence-corrected chi connectivity index (χ1v) is 6.78. The second-order valence-electron chi connectivity index (χ2n) is 4.83.